The summed E-state index contributed by atoms with van der Waals surface area (Å²) in [5, 5.41) is 9.75. The lowest BCUT2D eigenvalue weighted by Crippen LogP contribution is -2.12. The van der Waals surface area contributed by atoms with Crippen LogP contribution in [0, 0.1) is 0 Å². The molecule has 0 saturated carbocycles. The molecule has 3 heterocycles. The van der Waals surface area contributed by atoms with Crippen molar-refractivity contribution in [2.75, 3.05) is 4.90 Å². The molecule has 0 radical (unpaired) electrons. The van der Waals surface area contributed by atoms with Gasteiger partial charge in [0.2, 0.25) is 0 Å². The van der Waals surface area contributed by atoms with E-state index in [1.807, 2.05) is 17.4 Å². The van der Waals surface area contributed by atoms with Crippen molar-refractivity contribution in [1.29, 1.82) is 0 Å². The molecule has 11 aromatic rings. The second kappa shape index (κ2) is 10.6. The van der Waals surface area contributed by atoms with E-state index in [2.05, 4.69) is 173 Å². The third kappa shape index (κ3) is 3.91. The molecule has 0 spiro atoms. The van der Waals surface area contributed by atoms with Crippen LogP contribution in [0.1, 0.15) is 0 Å². The zero-order valence-corrected chi connectivity index (χ0v) is 27.7. The SMILES string of the molecule is c1ccc(-n2c3ccccc3c3cccc(N(c4ccc5c(ccc6c7ccccc7sc56)c4)c4cccc5c4oc4ccccc45)c32)cc1. The van der Waals surface area contributed by atoms with Gasteiger partial charge in [0.05, 0.1) is 22.4 Å². The Labute approximate surface area is 291 Å². The van der Waals surface area contributed by atoms with Crippen molar-refractivity contribution in [3.8, 4) is 5.69 Å². The quantitative estimate of drug-likeness (QED) is 0.188. The van der Waals surface area contributed by atoms with Gasteiger partial charge >= 0.3 is 0 Å². The maximum atomic E-state index is 6.73. The number of benzene rings is 8. The van der Waals surface area contributed by atoms with Crippen LogP contribution in [0.3, 0.4) is 0 Å². The average molecular weight is 657 g/mol. The number of furan rings is 1. The van der Waals surface area contributed by atoms with Crippen molar-refractivity contribution in [2.45, 2.75) is 0 Å². The Bertz CT molecular complexity index is 3110. The van der Waals surface area contributed by atoms with Gasteiger partial charge in [-0.05, 0) is 65.4 Å². The Kier molecular flexibility index (Phi) is 5.83. The molecule has 0 aliphatic rings. The number of hydrogen-bond acceptors (Lipinski definition) is 3. The van der Waals surface area contributed by atoms with Gasteiger partial charge in [-0.1, -0.05) is 115 Å². The number of fused-ring (bicyclic) bond motifs is 11. The molecule has 0 bridgehead atoms. The fraction of sp³-hybridized carbons (Fsp3) is 0. The standard InChI is InChI=1S/C46H28N2OS/c1-2-12-30(13-3-1)48-39-19-7-4-14-33(39)36-17-10-20-40(44(36)48)47(41-21-11-18-37-34-15-5-8-22-42(34)49-45(37)41)31-25-27-32-29(28-31)24-26-38-35-16-6-9-23-43(35)50-46(32)38/h1-28H. The van der Waals surface area contributed by atoms with Gasteiger partial charge < -0.3 is 13.9 Å². The number of aromatic nitrogens is 1. The maximum Gasteiger partial charge on any atom is 0.159 e. The first kappa shape index (κ1) is 27.6. The van der Waals surface area contributed by atoms with Crippen LogP contribution in [0.15, 0.2) is 174 Å². The van der Waals surface area contributed by atoms with Crippen LogP contribution < -0.4 is 4.90 Å². The summed E-state index contributed by atoms with van der Waals surface area (Å²) in [6.07, 6.45) is 0. The second-order valence-corrected chi connectivity index (χ2v) is 13.9. The van der Waals surface area contributed by atoms with Crippen LogP contribution in [0.2, 0.25) is 0 Å². The summed E-state index contributed by atoms with van der Waals surface area (Å²) in [6.45, 7) is 0. The number of hydrogen-bond donors (Lipinski definition) is 0. The highest BCUT2D eigenvalue weighted by Gasteiger charge is 2.24. The summed E-state index contributed by atoms with van der Waals surface area (Å²) >= 11 is 1.87. The van der Waals surface area contributed by atoms with Crippen molar-refractivity contribution >= 4 is 103 Å². The Morgan fingerprint density at radius 1 is 0.480 bits per heavy atom. The van der Waals surface area contributed by atoms with E-state index < -0.39 is 0 Å². The first-order valence-corrected chi connectivity index (χ1v) is 17.8. The van der Waals surface area contributed by atoms with E-state index in [4.69, 9.17) is 4.42 Å². The number of nitrogens with zero attached hydrogens (tertiary/aromatic N) is 2. The third-order valence-electron chi connectivity index (χ3n) is 10.2. The molecule has 0 unspecified atom stereocenters. The van der Waals surface area contributed by atoms with Crippen LogP contribution in [0.4, 0.5) is 17.1 Å². The molecular weight excluding hydrogens is 629 g/mol. The van der Waals surface area contributed by atoms with Gasteiger partial charge in [0, 0.05) is 53.1 Å². The van der Waals surface area contributed by atoms with Gasteiger partial charge in [0.15, 0.2) is 5.58 Å². The van der Waals surface area contributed by atoms with E-state index in [0.717, 1.165) is 50.2 Å². The molecule has 234 valence electrons. The Balaban J connectivity index is 1.25. The molecule has 50 heavy (non-hydrogen) atoms. The minimum Gasteiger partial charge on any atom is -0.454 e. The number of anilines is 3. The summed E-state index contributed by atoms with van der Waals surface area (Å²) < 4.78 is 11.8. The Morgan fingerprint density at radius 2 is 1.18 bits per heavy atom. The fourth-order valence-electron chi connectivity index (χ4n) is 7.98. The molecule has 3 aromatic heterocycles. The second-order valence-electron chi connectivity index (χ2n) is 12.9. The molecule has 0 saturated heterocycles. The van der Waals surface area contributed by atoms with Crippen molar-refractivity contribution < 1.29 is 4.42 Å². The molecule has 0 N–H and O–H groups in total. The van der Waals surface area contributed by atoms with Gasteiger partial charge in [0.25, 0.3) is 0 Å². The summed E-state index contributed by atoms with van der Waals surface area (Å²) in [4.78, 5) is 2.40. The average Bonchev–Trinajstić information content (AvgIpc) is 3.86. The zero-order valence-electron chi connectivity index (χ0n) is 26.9. The number of thiophene rings is 1. The summed E-state index contributed by atoms with van der Waals surface area (Å²) in [6, 6.07) is 61.2. The molecule has 8 aromatic carbocycles. The van der Waals surface area contributed by atoms with Crippen LogP contribution >= 0.6 is 11.3 Å². The minimum absolute atomic E-state index is 0.869. The molecule has 3 nitrogen and oxygen atoms in total. The van der Waals surface area contributed by atoms with Crippen molar-refractivity contribution in [2.24, 2.45) is 0 Å². The fourth-order valence-corrected chi connectivity index (χ4v) is 9.22. The minimum atomic E-state index is 0.869. The van der Waals surface area contributed by atoms with Gasteiger partial charge in [-0.15, -0.1) is 11.3 Å². The highest BCUT2D eigenvalue weighted by atomic mass is 32.1. The largest absolute Gasteiger partial charge is 0.454 e. The summed E-state index contributed by atoms with van der Waals surface area (Å²) in [5.74, 6) is 0. The van der Waals surface area contributed by atoms with Gasteiger partial charge in [-0.3, -0.25) is 0 Å². The summed E-state index contributed by atoms with van der Waals surface area (Å²) in [7, 11) is 0. The number of para-hydroxylation sites is 5. The first-order chi connectivity index (χ1) is 24.8. The van der Waals surface area contributed by atoms with Gasteiger partial charge in [-0.2, -0.15) is 0 Å². The molecule has 11 rings (SSSR count). The lowest BCUT2D eigenvalue weighted by atomic mass is 10.0. The van der Waals surface area contributed by atoms with Crippen LogP contribution in [0.5, 0.6) is 0 Å². The van der Waals surface area contributed by atoms with E-state index in [9.17, 15) is 0 Å². The van der Waals surface area contributed by atoms with Gasteiger partial charge in [0.1, 0.15) is 5.58 Å². The van der Waals surface area contributed by atoms with Crippen molar-refractivity contribution in [1.82, 2.24) is 4.57 Å². The highest BCUT2D eigenvalue weighted by Crippen LogP contribution is 2.48. The van der Waals surface area contributed by atoms with Crippen LogP contribution in [0.25, 0.3) is 80.4 Å². The van der Waals surface area contributed by atoms with E-state index >= 15 is 0 Å². The molecule has 0 aliphatic carbocycles. The monoisotopic (exact) mass is 656 g/mol. The van der Waals surface area contributed by atoms with E-state index in [0.29, 0.717) is 0 Å². The van der Waals surface area contributed by atoms with Crippen LogP contribution in [-0.4, -0.2) is 4.57 Å². The molecule has 0 amide bonds. The molecular formula is C46H28N2OS. The Hall–Kier alpha value is -6.36. The van der Waals surface area contributed by atoms with E-state index in [-0.39, 0.29) is 0 Å². The van der Waals surface area contributed by atoms with Crippen molar-refractivity contribution in [3.05, 3.63) is 170 Å². The Morgan fingerprint density at radius 3 is 2.08 bits per heavy atom. The van der Waals surface area contributed by atoms with E-state index in [1.165, 1.54) is 47.2 Å². The highest BCUT2D eigenvalue weighted by molar-refractivity contribution is 7.26. The molecule has 0 atom stereocenters. The molecule has 0 fully saturated rings. The smallest absolute Gasteiger partial charge is 0.159 e. The maximum absolute atomic E-state index is 6.73. The molecule has 0 aliphatic heterocycles. The topological polar surface area (TPSA) is 21.3 Å². The van der Waals surface area contributed by atoms with Crippen LogP contribution in [-0.2, 0) is 0 Å². The first-order valence-electron chi connectivity index (χ1n) is 16.9. The van der Waals surface area contributed by atoms with Gasteiger partial charge in [-0.25, -0.2) is 0 Å². The van der Waals surface area contributed by atoms with Crippen molar-refractivity contribution in [3.63, 3.8) is 0 Å². The zero-order chi connectivity index (χ0) is 32.8. The third-order valence-corrected chi connectivity index (χ3v) is 11.4. The normalized spacial score (nSPS) is 12.0. The molecule has 4 heteroatoms. The summed E-state index contributed by atoms with van der Waals surface area (Å²) in [5.41, 5.74) is 8.35. The number of rotatable bonds is 4. The lowest BCUT2D eigenvalue weighted by Gasteiger charge is -2.27. The van der Waals surface area contributed by atoms with E-state index in [1.54, 1.807) is 0 Å². The predicted octanol–water partition coefficient (Wildman–Crippen LogP) is 13.7. The predicted molar refractivity (Wildman–Crippen MR) is 213 cm³/mol. The lowest BCUT2D eigenvalue weighted by molar-refractivity contribution is 0.669.